The molecule has 5 heteroatoms. The first-order valence-corrected chi connectivity index (χ1v) is 7.90. The Morgan fingerprint density at radius 1 is 1.40 bits per heavy atom. The highest BCUT2D eigenvalue weighted by molar-refractivity contribution is 7.16. The summed E-state index contributed by atoms with van der Waals surface area (Å²) >= 11 is 7.55. The van der Waals surface area contributed by atoms with Gasteiger partial charge in [0.25, 0.3) is 5.91 Å². The molecule has 0 aliphatic rings. The molecular formula is C15H19ClN2OS. The minimum atomic E-state index is -0.460. The van der Waals surface area contributed by atoms with Gasteiger partial charge in [-0.1, -0.05) is 50.6 Å². The van der Waals surface area contributed by atoms with E-state index >= 15 is 0 Å². The second-order valence-corrected chi connectivity index (χ2v) is 7.26. The van der Waals surface area contributed by atoms with E-state index in [1.807, 2.05) is 39.0 Å². The standard InChI is InChI=1S/C15H19ClN2OS/c1-5-8-18-11-7-6-10(16)9-12(11)20-14(18)17-13(19)15(2,3)4/h6-7,9H,5,8H2,1-4H3. The number of fused-ring (bicyclic) bond motifs is 1. The predicted molar refractivity (Wildman–Crippen MR) is 85.1 cm³/mol. The Balaban J connectivity index is 2.66. The van der Waals surface area contributed by atoms with Crippen molar-refractivity contribution < 1.29 is 4.79 Å². The van der Waals surface area contributed by atoms with E-state index in [1.54, 1.807) is 0 Å². The van der Waals surface area contributed by atoms with E-state index in [9.17, 15) is 4.79 Å². The first-order chi connectivity index (χ1) is 9.32. The SMILES string of the molecule is CCCn1c(=NC(=O)C(C)(C)C)sc2cc(Cl)ccc21. The van der Waals surface area contributed by atoms with E-state index in [4.69, 9.17) is 11.6 Å². The Bertz CT molecular complexity index is 707. The summed E-state index contributed by atoms with van der Waals surface area (Å²) in [5.41, 5.74) is 0.624. The van der Waals surface area contributed by atoms with Crippen molar-refractivity contribution in [1.29, 1.82) is 0 Å². The van der Waals surface area contributed by atoms with Gasteiger partial charge < -0.3 is 4.57 Å². The van der Waals surface area contributed by atoms with Crippen LogP contribution in [0.3, 0.4) is 0 Å². The lowest BCUT2D eigenvalue weighted by atomic mass is 9.96. The molecular weight excluding hydrogens is 292 g/mol. The number of benzene rings is 1. The fraction of sp³-hybridized carbons (Fsp3) is 0.467. The number of hydrogen-bond acceptors (Lipinski definition) is 2. The number of halogens is 1. The average molecular weight is 311 g/mol. The van der Waals surface area contributed by atoms with Crippen molar-refractivity contribution in [2.75, 3.05) is 0 Å². The molecule has 2 aromatic rings. The number of carbonyl (C=O) groups is 1. The quantitative estimate of drug-likeness (QED) is 0.817. The molecule has 0 unspecified atom stereocenters. The number of carbonyl (C=O) groups excluding carboxylic acids is 1. The van der Waals surface area contributed by atoms with Gasteiger partial charge in [-0.2, -0.15) is 4.99 Å². The Kier molecular flexibility index (Phi) is 4.35. The second-order valence-electron chi connectivity index (χ2n) is 5.82. The molecule has 1 amide bonds. The lowest BCUT2D eigenvalue weighted by molar-refractivity contribution is -0.125. The molecule has 0 atom stereocenters. The summed E-state index contributed by atoms with van der Waals surface area (Å²) in [6.45, 7) is 8.60. The molecule has 0 spiro atoms. The first-order valence-electron chi connectivity index (χ1n) is 6.71. The second kappa shape index (κ2) is 5.70. The molecule has 0 saturated carbocycles. The number of aromatic nitrogens is 1. The van der Waals surface area contributed by atoms with Crippen molar-refractivity contribution in [1.82, 2.24) is 4.57 Å². The topological polar surface area (TPSA) is 34.4 Å². The van der Waals surface area contributed by atoms with E-state index in [1.165, 1.54) is 11.3 Å². The largest absolute Gasteiger partial charge is 0.316 e. The van der Waals surface area contributed by atoms with E-state index < -0.39 is 5.41 Å². The van der Waals surface area contributed by atoms with Crippen LogP contribution in [0.4, 0.5) is 0 Å². The third-order valence-electron chi connectivity index (χ3n) is 2.93. The number of thiazole rings is 1. The molecule has 0 radical (unpaired) electrons. The maximum Gasteiger partial charge on any atom is 0.253 e. The van der Waals surface area contributed by atoms with E-state index in [0.717, 1.165) is 28.0 Å². The molecule has 1 aromatic heterocycles. The van der Waals surface area contributed by atoms with Crippen LogP contribution < -0.4 is 4.80 Å². The minimum absolute atomic E-state index is 0.0972. The Morgan fingerprint density at radius 2 is 2.10 bits per heavy atom. The monoisotopic (exact) mass is 310 g/mol. The van der Waals surface area contributed by atoms with Gasteiger partial charge in [0.15, 0.2) is 4.80 Å². The van der Waals surface area contributed by atoms with E-state index in [-0.39, 0.29) is 5.91 Å². The molecule has 0 fully saturated rings. The molecule has 0 bridgehead atoms. The molecule has 1 aromatic carbocycles. The molecule has 0 N–H and O–H groups in total. The fourth-order valence-corrected chi connectivity index (χ4v) is 3.16. The van der Waals surface area contributed by atoms with Crippen molar-refractivity contribution >= 4 is 39.1 Å². The molecule has 108 valence electrons. The third kappa shape index (κ3) is 3.13. The Morgan fingerprint density at radius 3 is 2.70 bits per heavy atom. The van der Waals surface area contributed by atoms with Crippen LogP contribution in [0.15, 0.2) is 23.2 Å². The molecule has 2 rings (SSSR count). The summed E-state index contributed by atoms with van der Waals surface area (Å²) in [6, 6.07) is 5.79. The van der Waals surface area contributed by atoms with Gasteiger partial charge >= 0.3 is 0 Å². The van der Waals surface area contributed by atoms with Gasteiger partial charge in [0, 0.05) is 17.0 Å². The van der Waals surface area contributed by atoms with Crippen molar-refractivity contribution in [3.63, 3.8) is 0 Å². The van der Waals surface area contributed by atoms with Crippen LogP contribution in [0.5, 0.6) is 0 Å². The molecule has 3 nitrogen and oxygen atoms in total. The zero-order chi connectivity index (χ0) is 14.9. The van der Waals surface area contributed by atoms with Crippen LogP contribution in [0.2, 0.25) is 5.02 Å². The van der Waals surface area contributed by atoms with Crippen molar-refractivity contribution in [2.24, 2.45) is 10.4 Å². The van der Waals surface area contributed by atoms with Gasteiger partial charge in [0.05, 0.1) is 10.2 Å². The average Bonchev–Trinajstić information content (AvgIpc) is 2.66. The molecule has 0 aliphatic carbocycles. The lowest BCUT2D eigenvalue weighted by Gasteiger charge is -2.11. The van der Waals surface area contributed by atoms with Crippen LogP contribution in [0.1, 0.15) is 34.1 Å². The van der Waals surface area contributed by atoms with Gasteiger partial charge in [0.2, 0.25) is 0 Å². The van der Waals surface area contributed by atoms with Crippen molar-refractivity contribution in [3.05, 3.63) is 28.0 Å². The fourth-order valence-electron chi connectivity index (χ4n) is 1.83. The minimum Gasteiger partial charge on any atom is -0.316 e. The zero-order valence-electron chi connectivity index (χ0n) is 12.2. The highest BCUT2D eigenvalue weighted by Gasteiger charge is 2.21. The van der Waals surface area contributed by atoms with Crippen LogP contribution in [-0.4, -0.2) is 10.5 Å². The summed E-state index contributed by atoms with van der Waals surface area (Å²) in [6.07, 6.45) is 0.991. The van der Waals surface area contributed by atoms with Crippen molar-refractivity contribution in [2.45, 2.75) is 40.7 Å². The van der Waals surface area contributed by atoms with Crippen LogP contribution in [0.25, 0.3) is 10.2 Å². The highest BCUT2D eigenvalue weighted by Crippen LogP contribution is 2.22. The van der Waals surface area contributed by atoms with Gasteiger partial charge in [-0.15, -0.1) is 0 Å². The van der Waals surface area contributed by atoms with Crippen LogP contribution in [-0.2, 0) is 11.3 Å². The van der Waals surface area contributed by atoms with Crippen LogP contribution >= 0.6 is 22.9 Å². The molecule has 0 saturated heterocycles. The molecule has 1 heterocycles. The summed E-state index contributed by atoms with van der Waals surface area (Å²) < 4.78 is 3.16. The first kappa shape index (κ1) is 15.3. The maximum absolute atomic E-state index is 12.1. The van der Waals surface area contributed by atoms with E-state index in [0.29, 0.717) is 5.02 Å². The summed E-state index contributed by atoms with van der Waals surface area (Å²) in [5, 5.41) is 0.705. The maximum atomic E-state index is 12.1. The predicted octanol–water partition coefficient (Wildman–Crippen LogP) is 4.24. The smallest absolute Gasteiger partial charge is 0.253 e. The van der Waals surface area contributed by atoms with Gasteiger partial charge in [-0.05, 0) is 24.6 Å². The third-order valence-corrected chi connectivity index (χ3v) is 4.21. The van der Waals surface area contributed by atoms with Crippen molar-refractivity contribution in [3.8, 4) is 0 Å². The number of rotatable bonds is 2. The highest BCUT2D eigenvalue weighted by atomic mass is 35.5. The molecule has 20 heavy (non-hydrogen) atoms. The summed E-state index contributed by atoms with van der Waals surface area (Å²) in [4.78, 5) is 17.2. The Hall–Kier alpha value is -1.13. The molecule has 0 aliphatic heterocycles. The number of hydrogen-bond donors (Lipinski definition) is 0. The zero-order valence-corrected chi connectivity index (χ0v) is 13.8. The van der Waals surface area contributed by atoms with E-state index in [2.05, 4.69) is 16.5 Å². The van der Waals surface area contributed by atoms with Gasteiger partial charge in [-0.3, -0.25) is 4.79 Å². The summed E-state index contributed by atoms with van der Waals surface area (Å²) in [7, 11) is 0. The van der Waals surface area contributed by atoms with Gasteiger partial charge in [0.1, 0.15) is 0 Å². The normalized spacial score (nSPS) is 13.2. The Labute approximate surface area is 127 Å². The number of nitrogens with zero attached hydrogens (tertiary/aromatic N) is 2. The lowest BCUT2D eigenvalue weighted by Crippen LogP contribution is -2.23. The van der Waals surface area contributed by atoms with Crippen LogP contribution in [0, 0.1) is 5.41 Å². The number of aryl methyl sites for hydroxylation is 1. The number of amides is 1. The summed E-state index contributed by atoms with van der Waals surface area (Å²) in [5.74, 6) is -0.0972. The van der Waals surface area contributed by atoms with Gasteiger partial charge in [-0.25, -0.2) is 0 Å².